The summed E-state index contributed by atoms with van der Waals surface area (Å²) in [4.78, 5) is 12.5. The lowest BCUT2D eigenvalue weighted by Gasteiger charge is -2.43. The lowest BCUT2D eigenvalue weighted by atomic mass is 9.68. The molecule has 39 heavy (non-hydrogen) atoms. The minimum Gasteiger partial charge on any atom is -0.508 e. The minimum atomic E-state index is -5.62. The molecule has 0 aliphatic carbocycles. The number of benzene rings is 2. The number of rotatable bonds is 13. The van der Waals surface area contributed by atoms with Gasteiger partial charge in [0.1, 0.15) is 11.5 Å². The molecular formula is C29H35F5O4S. The van der Waals surface area contributed by atoms with Crippen molar-refractivity contribution in [3.05, 3.63) is 53.6 Å². The quantitative estimate of drug-likeness (QED) is 0.165. The van der Waals surface area contributed by atoms with Crippen LogP contribution in [0.25, 0.3) is 0 Å². The first kappa shape index (κ1) is 31.0. The Labute approximate surface area is 229 Å². The number of unbranched alkanes of at least 4 members (excludes halogenated alkanes) is 3. The standard InChI is InChI=1S/C29H35F5O4S/c1-27(20-10-12-21(35)13-11-20)18-39-25-17-22(36)14-15-23(25)24(27)9-5-3-2-4-7-19(26(37)38)8-6-16-28(30,31)29(32,33)34/h10-15,17,19,24,35-36H,2-9,16,18H2,1H3,(H,37,38)/t19?,24-,27-/m1/s1. The molecule has 2 aromatic rings. The number of phenolic OH excluding ortho intramolecular Hbond substituents is 2. The van der Waals surface area contributed by atoms with E-state index in [2.05, 4.69) is 6.92 Å². The Bertz CT molecular complexity index is 1110. The zero-order valence-corrected chi connectivity index (χ0v) is 22.6. The Morgan fingerprint density at radius 1 is 0.949 bits per heavy atom. The Morgan fingerprint density at radius 3 is 2.21 bits per heavy atom. The number of hydrogen-bond acceptors (Lipinski definition) is 4. The van der Waals surface area contributed by atoms with E-state index in [0.29, 0.717) is 6.42 Å². The molecule has 0 aromatic heterocycles. The number of carboxylic acid groups (broad SMARTS) is 1. The normalized spacial score (nSPS) is 20.4. The third kappa shape index (κ3) is 7.80. The second-order valence-electron chi connectivity index (χ2n) is 10.6. The van der Waals surface area contributed by atoms with Gasteiger partial charge in [0.25, 0.3) is 0 Å². The summed E-state index contributed by atoms with van der Waals surface area (Å²) in [6.07, 6.45) is -3.70. The second kappa shape index (κ2) is 12.8. The highest BCUT2D eigenvalue weighted by molar-refractivity contribution is 7.99. The van der Waals surface area contributed by atoms with Crippen LogP contribution in [-0.4, -0.2) is 39.1 Å². The third-order valence-corrected chi connectivity index (χ3v) is 9.21. The zero-order chi connectivity index (χ0) is 28.8. The monoisotopic (exact) mass is 574 g/mol. The maximum Gasteiger partial charge on any atom is 0.453 e. The average molecular weight is 575 g/mol. The molecule has 0 bridgehead atoms. The number of halogens is 5. The maximum absolute atomic E-state index is 13.1. The molecule has 0 amide bonds. The first-order chi connectivity index (χ1) is 18.2. The van der Waals surface area contributed by atoms with Crippen molar-refractivity contribution < 1.29 is 42.1 Å². The van der Waals surface area contributed by atoms with Gasteiger partial charge in [0.2, 0.25) is 0 Å². The minimum absolute atomic E-state index is 0.154. The van der Waals surface area contributed by atoms with E-state index in [1.54, 1.807) is 36.0 Å². The van der Waals surface area contributed by atoms with Crippen molar-refractivity contribution >= 4 is 17.7 Å². The molecule has 3 rings (SSSR count). The van der Waals surface area contributed by atoms with Crippen molar-refractivity contribution in [1.29, 1.82) is 0 Å². The van der Waals surface area contributed by atoms with E-state index in [1.165, 1.54) is 0 Å². The van der Waals surface area contributed by atoms with Crippen molar-refractivity contribution in [3.8, 4) is 11.5 Å². The molecule has 4 nitrogen and oxygen atoms in total. The van der Waals surface area contributed by atoms with Crippen molar-refractivity contribution in [2.24, 2.45) is 5.92 Å². The van der Waals surface area contributed by atoms with Crippen LogP contribution in [0.3, 0.4) is 0 Å². The molecule has 1 aliphatic rings. The number of aromatic hydroxyl groups is 2. The van der Waals surface area contributed by atoms with Gasteiger partial charge in [-0.15, -0.1) is 11.8 Å². The molecule has 216 valence electrons. The molecule has 1 heterocycles. The number of aliphatic carboxylic acids is 1. The summed E-state index contributed by atoms with van der Waals surface area (Å²) >= 11 is 1.69. The van der Waals surface area contributed by atoms with Crippen LogP contribution < -0.4 is 0 Å². The molecule has 1 aliphatic heterocycles. The number of hydrogen-bond donors (Lipinski definition) is 3. The van der Waals surface area contributed by atoms with Crippen molar-refractivity contribution in [1.82, 2.24) is 0 Å². The van der Waals surface area contributed by atoms with E-state index in [0.717, 1.165) is 47.5 Å². The van der Waals surface area contributed by atoms with Gasteiger partial charge in [-0.2, -0.15) is 22.0 Å². The molecule has 0 saturated heterocycles. The first-order valence-corrected chi connectivity index (χ1v) is 14.2. The number of thioether (sulfide) groups is 1. The van der Waals surface area contributed by atoms with E-state index >= 15 is 0 Å². The first-order valence-electron chi connectivity index (χ1n) is 13.2. The summed E-state index contributed by atoms with van der Waals surface area (Å²) in [6, 6.07) is 12.6. The summed E-state index contributed by atoms with van der Waals surface area (Å²) < 4.78 is 63.3. The van der Waals surface area contributed by atoms with Gasteiger partial charge in [-0.05, 0) is 67.0 Å². The van der Waals surface area contributed by atoms with Crippen molar-refractivity contribution in [2.45, 2.75) is 93.0 Å². The predicted molar refractivity (Wildman–Crippen MR) is 141 cm³/mol. The average Bonchev–Trinajstić information content (AvgIpc) is 2.85. The Kier molecular flexibility index (Phi) is 10.2. The lowest BCUT2D eigenvalue weighted by Crippen LogP contribution is -2.36. The molecule has 0 saturated carbocycles. The van der Waals surface area contributed by atoms with E-state index < -0.39 is 36.8 Å². The van der Waals surface area contributed by atoms with Crippen LogP contribution in [-0.2, 0) is 10.2 Å². The lowest BCUT2D eigenvalue weighted by molar-refractivity contribution is -0.284. The van der Waals surface area contributed by atoms with Crippen LogP contribution in [0.5, 0.6) is 11.5 Å². The molecule has 1 unspecified atom stereocenters. The van der Waals surface area contributed by atoms with Gasteiger partial charge in [-0.3, -0.25) is 4.79 Å². The van der Waals surface area contributed by atoms with Gasteiger partial charge in [0.15, 0.2) is 0 Å². The van der Waals surface area contributed by atoms with Crippen molar-refractivity contribution in [3.63, 3.8) is 0 Å². The summed E-state index contributed by atoms with van der Waals surface area (Å²) in [5.41, 5.74) is 2.05. The molecule has 3 N–H and O–H groups in total. The Hall–Kier alpha value is -2.49. The third-order valence-electron chi connectivity index (χ3n) is 7.80. The van der Waals surface area contributed by atoms with Gasteiger partial charge < -0.3 is 15.3 Å². The highest BCUT2D eigenvalue weighted by Gasteiger charge is 2.56. The summed E-state index contributed by atoms with van der Waals surface area (Å²) in [7, 11) is 0. The fourth-order valence-electron chi connectivity index (χ4n) is 5.40. The second-order valence-corrected chi connectivity index (χ2v) is 11.7. The number of alkyl halides is 5. The van der Waals surface area contributed by atoms with E-state index in [1.807, 2.05) is 18.2 Å². The summed E-state index contributed by atoms with van der Waals surface area (Å²) in [6.45, 7) is 2.20. The van der Waals surface area contributed by atoms with Crippen LogP contribution in [0.15, 0.2) is 47.4 Å². The molecule has 10 heteroatoms. The molecule has 3 atom stereocenters. The van der Waals surface area contributed by atoms with E-state index in [4.69, 9.17) is 0 Å². The Morgan fingerprint density at radius 2 is 1.56 bits per heavy atom. The van der Waals surface area contributed by atoms with Crippen LogP contribution in [0.1, 0.15) is 81.8 Å². The highest BCUT2D eigenvalue weighted by Crippen LogP contribution is 2.52. The van der Waals surface area contributed by atoms with Gasteiger partial charge in [-0.25, -0.2) is 0 Å². The van der Waals surface area contributed by atoms with Crippen LogP contribution in [0, 0.1) is 5.92 Å². The largest absolute Gasteiger partial charge is 0.508 e. The molecule has 0 spiro atoms. The van der Waals surface area contributed by atoms with Gasteiger partial charge in [0.05, 0.1) is 5.92 Å². The van der Waals surface area contributed by atoms with Crippen LogP contribution >= 0.6 is 11.8 Å². The zero-order valence-electron chi connectivity index (χ0n) is 21.8. The number of carboxylic acids is 1. The molecular weight excluding hydrogens is 539 g/mol. The number of phenols is 2. The summed E-state index contributed by atoms with van der Waals surface area (Å²) in [5.74, 6) is -5.56. The van der Waals surface area contributed by atoms with E-state index in [9.17, 15) is 42.1 Å². The summed E-state index contributed by atoms with van der Waals surface area (Å²) in [5, 5.41) is 29.1. The highest BCUT2D eigenvalue weighted by atomic mass is 32.2. The van der Waals surface area contributed by atoms with Gasteiger partial charge in [0, 0.05) is 22.5 Å². The molecule has 2 aromatic carbocycles. The predicted octanol–water partition coefficient (Wildman–Crippen LogP) is 8.65. The topological polar surface area (TPSA) is 77.8 Å². The fourth-order valence-corrected chi connectivity index (χ4v) is 6.81. The number of carbonyl (C=O) groups is 1. The molecule has 0 fully saturated rings. The Balaban J connectivity index is 1.55. The van der Waals surface area contributed by atoms with Gasteiger partial charge in [-0.1, -0.05) is 50.8 Å². The smallest absolute Gasteiger partial charge is 0.453 e. The van der Waals surface area contributed by atoms with Crippen LogP contribution in [0.4, 0.5) is 22.0 Å². The van der Waals surface area contributed by atoms with Crippen molar-refractivity contribution in [2.75, 3.05) is 5.75 Å². The van der Waals surface area contributed by atoms with E-state index in [-0.39, 0.29) is 35.7 Å². The number of fused-ring (bicyclic) bond motifs is 1. The fraction of sp³-hybridized carbons (Fsp3) is 0.552. The maximum atomic E-state index is 13.1. The van der Waals surface area contributed by atoms with Gasteiger partial charge >= 0.3 is 18.1 Å². The van der Waals surface area contributed by atoms with Crippen LogP contribution in [0.2, 0.25) is 0 Å². The SMILES string of the molecule is C[C@]1(c2ccc(O)cc2)CSc2cc(O)ccc2[C@H]1CCCCCCC(CCCC(F)(F)C(F)(F)F)C(=O)O. The molecule has 0 radical (unpaired) electrons.